The molecule has 0 aliphatic heterocycles. The Hall–Kier alpha value is 1.83. The van der Waals surface area contributed by atoms with Crippen LogP contribution in [0, 0.1) is 0 Å². The van der Waals surface area contributed by atoms with Gasteiger partial charge in [-0.15, -0.1) is 0 Å². The van der Waals surface area contributed by atoms with Gasteiger partial charge >= 0.3 is 69.5 Å². The Labute approximate surface area is 94.3 Å². The first-order valence-corrected chi connectivity index (χ1v) is 2.10. The first-order chi connectivity index (χ1) is 2.00. The maximum atomic E-state index is 8.74. The largest absolute Gasteiger partial charge is 1.00 e. The third kappa shape index (κ3) is 109. The van der Waals surface area contributed by atoms with Crippen molar-refractivity contribution in [3.05, 3.63) is 0 Å². The monoisotopic (exact) mass is 164 g/mol. The molecule has 0 radical (unpaired) electrons. The van der Waals surface area contributed by atoms with Crippen LogP contribution in [0.3, 0.4) is 0 Å². The second-order valence-corrected chi connectivity index (χ2v) is 1.34. The van der Waals surface area contributed by atoms with Gasteiger partial charge in [0, 0.05) is 0 Å². The predicted molar refractivity (Wildman–Crippen MR) is 20.0 cm³/mol. The van der Waals surface area contributed by atoms with Crippen LogP contribution in [0.1, 0.15) is 2.85 Å². The Bertz CT molecular complexity index is 101. The van der Waals surface area contributed by atoms with Gasteiger partial charge in [-0.3, -0.25) is 9.11 Å². The second kappa shape index (κ2) is 8.83. The van der Waals surface area contributed by atoms with E-state index in [2.05, 4.69) is 0 Å². The number of hydrogen-bond acceptors (Lipinski definition) is 2. The second-order valence-electron chi connectivity index (χ2n) is 0.448. The van der Waals surface area contributed by atoms with Gasteiger partial charge in [0.05, 0.1) is 0 Å². The first-order valence-electron chi connectivity index (χ1n) is 0.698. The zero-order valence-electron chi connectivity index (χ0n) is 6.62. The molecule has 0 aromatic heterocycles. The average Bonchev–Trinajstić information content (AvgIpc) is 0.722. The molecule has 0 amide bonds. The summed E-state index contributed by atoms with van der Waals surface area (Å²) in [5.74, 6) is 0. The van der Waals surface area contributed by atoms with E-state index in [1.54, 1.807) is 0 Å². The van der Waals surface area contributed by atoms with E-state index in [9.17, 15) is 0 Å². The van der Waals surface area contributed by atoms with Gasteiger partial charge < -0.3 is 8.33 Å². The van der Waals surface area contributed by atoms with Crippen LogP contribution in [0.2, 0.25) is 0 Å². The Kier molecular flexibility index (Phi) is 24.9. The Morgan fingerprint density at radius 1 is 1.12 bits per heavy atom. The van der Waals surface area contributed by atoms with E-state index in [-0.39, 0.29) is 67.4 Å². The summed E-state index contributed by atoms with van der Waals surface area (Å²) in [6.45, 7) is 0. The molecule has 0 unspecified atom stereocenters. The summed E-state index contributed by atoms with van der Waals surface area (Å²) < 4.78 is 31.6. The normalized spacial score (nSPS) is 7.25. The molecule has 0 aliphatic carbocycles. The van der Waals surface area contributed by atoms with E-state index in [1.807, 2.05) is 0 Å². The standard InChI is InChI=1S/2Na.H2O4S.H2O.2H/c;;1-5(2,3)4;;;/h;;(H2,1,2,3,4);1H2;;/q2*+1;;;2*-1. The van der Waals surface area contributed by atoms with Gasteiger partial charge in [0.2, 0.25) is 0 Å². The maximum absolute atomic E-state index is 8.74. The van der Waals surface area contributed by atoms with Crippen LogP contribution in [-0.4, -0.2) is 23.0 Å². The molecule has 0 aliphatic rings. The van der Waals surface area contributed by atoms with E-state index in [0.717, 1.165) is 0 Å². The fourth-order valence-electron chi connectivity index (χ4n) is 0. The molecule has 4 N–H and O–H groups in total. The van der Waals surface area contributed by atoms with Crippen molar-refractivity contribution in [2.45, 2.75) is 0 Å². The molecule has 0 heterocycles. The van der Waals surface area contributed by atoms with Gasteiger partial charge in [-0.25, -0.2) is 0 Å². The van der Waals surface area contributed by atoms with Crippen LogP contribution >= 0.6 is 0 Å². The van der Waals surface area contributed by atoms with Crippen molar-refractivity contribution in [1.82, 2.24) is 0 Å². The molecule has 0 bridgehead atoms. The average molecular weight is 164 g/mol. The first kappa shape index (κ1) is 22.5. The zero-order valence-corrected chi connectivity index (χ0v) is 9.44. The molecular formula is H6Na2O5S. The van der Waals surface area contributed by atoms with Gasteiger partial charge in [-0.2, -0.15) is 8.42 Å². The minimum absolute atomic E-state index is 0. The molecule has 44 valence electrons. The molecule has 0 saturated carbocycles. The molecular weight excluding hydrogens is 158 g/mol. The summed E-state index contributed by atoms with van der Waals surface area (Å²) in [7, 11) is -4.67. The smallest absolute Gasteiger partial charge is 1.00 e. The fourth-order valence-corrected chi connectivity index (χ4v) is 0. The van der Waals surface area contributed by atoms with Gasteiger partial charge in [-0.05, 0) is 0 Å². The number of rotatable bonds is 0. The van der Waals surface area contributed by atoms with Crippen molar-refractivity contribution in [3.8, 4) is 0 Å². The minimum Gasteiger partial charge on any atom is -1.00 e. The summed E-state index contributed by atoms with van der Waals surface area (Å²) in [5.41, 5.74) is 0. The third-order valence-corrected chi connectivity index (χ3v) is 0. The molecule has 0 atom stereocenters. The van der Waals surface area contributed by atoms with Crippen LogP contribution in [0.4, 0.5) is 0 Å². The van der Waals surface area contributed by atoms with Crippen molar-refractivity contribution in [2.75, 3.05) is 0 Å². The van der Waals surface area contributed by atoms with Crippen LogP contribution in [-0.2, 0) is 10.4 Å². The molecule has 0 rings (SSSR count). The van der Waals surface area contributed by atoms with Gasteiger partial charge in [0.1, 0.15) is 0 Å². The van der Waals surface area contributed by atoms with E-state index in [4.69, 9.17) is 17.5 Å². The molecule has 0 saturated heterocycles. The van der Waals surface area contributed by atoms with E-state index < -0.39 is 10.4 Å². The molecule has 0 spiro atoms. The summed E-state index contributed by atoms with van der Waals surface area (Å²) in [4.78, 5) is 0. The summed E-state index contributed by atoms with van der Waals surface area (Å²) in [5, 5.41) is 0. The minimum atomic E-state index is -4.67. The van der Waals surface area contributed by atoms with Gasteiger partial charge in [0.15, 0.2) is 0 Å². The van der Waals surface area contributed by atoms with Crippen LogP contribution in [0.15, 0.2) is 0 Å². The predicted octanol–water partition coefficient (Wildman–Crippen LogP) is -7.24. The third-order valence-electron chi connectivity index (χ3n) is 0. The van der Waals surface area contributed by atoms with E-state index in [1.165, 1.54) is 0 Å². The van der Waals surface area contributed by atoms with Crippen LogP contribution in [0.25, 0.3) is 0 Å². The molecule has 5 nitrogen and oxygen atoms in total. The Morgan fingerprint density at radius 3 is 1.12 bits per heavy atom. The summed E-state index contributed by atoms with van der Waals surface area (Å²) >= 11 is 0. The topological polar surface area (TPSA) is 106 Å². The van der Waals surface area contributed by atoms with Gasteiger partial charge in [0.25, 0.3) is 0 Å². The number of hydrogen-bond donors (Lipinski definition) is 2. The van der Waals surface area contributed by atoms with Crippen molar-refractivity contribution >= 4 is 10.4 Å². The molecule has 0 fully saturated rings. The summed E-state index contributed by atoms with van der Waals surface area (Å²) in [6.07, 6.45) is 0. The van der Waals surface area contributed by atoms with E-state index in [0.29, 0.717) is 0 Å². The summed E-state index contributed by atoms with van der Waals surface area (Å²) in [6, 6.07) is 0. The molecule has 0 aromatic carbocycles. The zero-order chi connectivity index (χ0) is 4.50. The SMILES string of the molecule is O.O=S(=O)(O)O.[H-].[H-].[Na+].[Na+]. The van der Waals surface area contributed by atoms with Crippen molar-refractivity contribution in [3.63, 3.8) is 0 Å². The Morgan fingerprint density at radius 2 is 1.12 bits per heavy atom. The van der Waals surface area contributed by atoms with Crippen LogP contribution in [0.5, 0.6) is 0 Å². The van der Waals surface area contributed by atoms with Crippen molar-refractivity contribution < 1.29 is 85.0 Å². The molecule has 8 heteroatoms. The van der Waals surface area contributed by atoms with Crippen molar-refractivity contribution in [2.24, 2.45) is 0 Å². The van der Waals surface area contributed by atoms with E-state index >= 15 is 0 Å². The van der Waals surface area contributed by atoms with Gasteiger partial charge in [-0.1, -0.05) is 0 Å². The maximum Gasteiger partial charge on any atom is 1.00 e. The Balaban J connectivity index is -0.00000000800. The fraction of sp³-hybridized carbons (Fsp3) is 0. The molecule has 0 aromatic rings. The van der Waals surface area contributed by atoms with Crippen LogP contribution < -0.4 is 59.1 Å². The van der Waals surface area contributed by atoms with Crippen molar-refractivity contribution in [1.29, 1.82) is 0 Å². The molecule has 8 heavy (non-hydrogen) atoms. The quantitative estimate of drug-likeness (QED) is 0.274.